The van der Waals surface area contributed by atoms with E-state index in [1.165, 1.54) is 11.3 Å². The maximum atomic E-state index is 12.9. The Morgan fingerprint density at radius 2 is 1.58 bits per heavy atom. The summed E-state index contributed by atoms with van der Waals surface area (Å²) in [5, 5.41) is 2.96. The van der Waals surface area contributed by atoms with Crippen LogP contribution in [0.5, 0.6) is 17.2 Å². The maximum Gasteiger partial charge on any atom is 0.267 e. The molecule has 2 heterocycles. The molecule has 0 atom stereocenters. The molecule has 0 aliphatic heterocycles. The summed E-state index contributed by atoms with van der Waals surface area (Å²) < 4.78 is 13.0. The summed E-state index contributed by atoms with van der Waals surface area (Å²) in [5.41, 5.74) is 3.40. The predicted octanol–water partition coefficient (Wildman–Crippen LogP) is 6.42. The lowest BCUT2D eigenvalue weighted by Crippen LogP contribution is -2.11. The number of aromatic nitrogens is 2. The van der Waals surface area contributed by atoms with Gasteiger partial charge in [0.1, 0.15) is 22.1 Å². The van der Waals surface area contributed by atoms with E-state index in [9.17, 15) is 4.79 Å². The highest BCUT2D eigenvalue weighted by atomic mass is 32.1. The molecule has 0 unspecified atom stereocenters. The molecule has 164 valence electrons. The van der Waals surface area contributed by atoms with Crippen LogP contribution < -0.4 is 14.8 Å². The summed E-state index contributed by atoms with van der Waals surface area (Å²) in [4.78, 5) is 19.0. The van der Waals surface area contributed by atoms with Gasteiger partial charge in [0.05, 0.1) is 12.8 Å². The molecule has 5 rings (SSSR count). The number of fused-ring (bicyclic) bond motifs is 1. The predicted molar refractivity (Wildman–Crippen MR) is 131 cm³/mol. The number of anilines is 1. The van der Waals surface area contributed by atoms with Crippen LogP contribution in [0.4, 0.5) is 5.69 Å². The molecular weight excluding hydrogens is 434 g/mol. The summed E-state index contributed by atoms with van der Waals surface area (Å²) >= 11 is 1.37. The highest BCUT2D eigenvalue weighted by Gasteiger charge is 2.18. The normalized spacial score (nSPS) is 10.8. The topological polar surface area (TPSA) is 64.9 Å². The molecule has 0 spiro atoms. The molecule has 0 bridgehead atoms. The molecule has 33 heavy (non-hydrogen) atoms. The van der Waals surface area contributed by atoms with Gasteiger partial charge in [0.15, 0.2) is 4.96 Å². The van der Waals surface area contributed by atoms with Crippen molar-refractivity contribution in [1.82, 2.24) is 9.38 Å². The second-order valence-corrected chi connectivity index (χ2v) is 8.39. The molecule has 0 saturated heterocycles. The van der Waals surface area contributed by atoms with Crippen LogP contribution in [0.1, 0.15) is 15.4 Å². The lowest BCUT2D eigenvalue weighted by atomic mass is 10.2. The van der Waals surface area contributed by atoms with Crippen LogP contribution in [0.2, 0.25) is 0 Å². The van der Waals surface area contributed by atoms with Crippen molar-refractivity contribution in [3.63, 3.8) is 0 Å². The lowest BCUT2D eigenvalue weighted by molar-refractivity contribution is 0.102. The highest BCUT2D eigenvalue weighted by Crippen LogP contribution is 2.29. The van der Waals surface area contributed by atoms with E-state index < -0.39 is 0 Å². The van der Waals surface area contributed by atoms with Gasteiger partial charge in [-0.3, -0.25) is 9.20 Å². The fourth-order valence-electron chi connectivity index (χ4n) is 3.48. The maximum absolute atomic E-state index is 12.9. The minimum Gasteiger partial charge on any atom is -0.497 e. The number of para-hydroxylation sites is 1. The highest BCUT2D eigenvalue weighted by molar-refractivity contribution is 7.19. The summed E-state index contributed by atoms with van der Waals surface area (Å²) in [6.07, 6.45) is 1.95. The van der Waals surface area contributed by atoms with E-state index >= 15 is 0 Å². The third-order valence-electron chi connectivity index (χ3n) is 5.24. The van der Waals surface area contributed by atoms with E-state index in [1.807, 2.05) is 96.4 Å². The zero-order valence-electron chi connectivity index (χ0n) is 18.1. The summed E-state index contributed by atoms with van der Waals surface area (Å²) in [5.74, 6) is 2.11. The van der Waals surface area contributed by atoms with Crippen LogP contribution in [0.3, 0.4) is 0 Å². The zero-order valence-corrected chi connectivity index (χ0v) is 18.9. The number of hydrogen-bond acceptors (Lipinski definition) is 5. The number of nitrogens with zero attached hydrogens (tertiary/aromatic N) is 2. The van der Waals surface area contributed by atoms with Crippen LogP contribution >= 0.6 is 11.3 Å². The van der Waals surface area contributed by atoms with Crippen LogP contribution in [0.15, 0.2) is 85.1 Å². The second-order valence-electron chi connectivity index (χ2n) is 7.42. The first-order valence-corrected chi connectivity index (χ1v) is 11.2. The fourth-order valence-corrected chi connectivity index (χ4v) is 4.48. The third-order valence-corrected chi connectivity index (χ3v) is 6.40. The van der Waals surface area contributed by atoms with Crippen molar-refractivity contribution in [1.29, 1.82) is 0 Å². The zero-order chi connectivity index (χ0) is 22.8. The Hall–Kier alpha value is -4.10. The van der Waals surface area contributed by atoms with Gasteiger partial charge in [-0.1, -0.05) is 29.5 Å². The van der Waals surface area contributed by atoms with Crippen molar-refractivity contribution in [3.8, 4) is 28.5 Å². The number of ether oxygens (including phenoxy) is 2. The van der Waals surface area contributed by atoms with Crippen molar-refractivity contribution in [2.24, 2.45) is 0 Å². The van der Waals surface area contributed by atoms with Crippen molar-refractivity contribution in [2.75, 3.05) is 12.4 Å². The fraction of sp³-hybridized carbons (Fsp3) is 0.0769. The number of nitrogens with one attached hydrogen (secondary N) is 1. The molecule has 0 aliphatic carbocycles. The van der Waals surface area contributed by atoms with Gasteiger partial charge >= 0.3 is 0 Å². The molecule has 2 aromatic heterocycles. The van der Waals surface area contributed by atoms with E-state index in [2.05, 4.69) is 5.32 Å². The van der Waals surface area contributed by atoms with E-state index in [-0.39, 0.29) is 5.91 Å². The van der Waals surface area contributed by atoms with Crippen LogP contribution in [0.25, 0.3) is 16.2 Å². The quantitative estimate of drug-likeness (QED) is 0.321. The van der Waals surface area contributed by atoms with Crippen molar-refractivity contribution < 1.29 is 14.3 Å². The molecule has 3 aromatic carbocycles. The number of benzene rings is 3. The third kappa shape index (κ3) is 4.31. The van der Waals surface area contributed by atoms with Gasteiger partial charge in [0.25, 0.3) is 5.91 Å². The summed E-state index contributed by atoms with van der Waals surface area (Å²) in [6, 6.07) is 24.6. The number of aryl methyl sites for hydroxylation is 1. The molecule has 6 nitrogen and oxygen atoms in total. The SMILES string of the molecule is COc1ccc(-c2cn3c(C)c(C(=O)Nc4ccc(Oc5ccccc5)cc4)sc3n2)cc1. The summed E-state index contributed by atoms with van der Waals surface area (Å²) in [6.45, 7) is 1.93. The van der Waals surface area contributed by atoms with Gasteiger partial charge < -0.3 is 14.8 Å². The second kappa shape index (κ2) is 8.80. The van der Waals surface area contributed by atoms with Crippen molar-refractivity contribution in [3.05, 3.63) is 95.6 Å². The van der Waals surface area contributed by atoms with Gasteiger partial charge in [-0.05, 0) is 67.6 Å². The Bertz CT molecular complexity index is 1410. The molecule has 5 aromatic rings. The largest absolute Gasteiger partial charge is 0.497 e. The first-order valence-electron chi connectivity index (χ1n) is 10.4. The minimum atomic E-state index is -0.161. The Morgan fingerprint density at radius 1 is 0.909 bits per heavy atom. The number of hydrogen-bond donors (Lipinski definition) is 1. The van der Waals surface area contributed by atoms with E-state index in [4.69, 9.17) is 14.5 Å². The number of carbonyl (C=O) groups is 1. The van der Waals surface area contributed by atoms with E-state index in [1.54, 1.807) is 7.11 Å². The Balaban J connectivity index is 1.31. The first kappa shape index (κ1) is 20.8. The molecule has 0 radical (unpaired) electrons. The van der Waals surface area contributed by atoms with Crippen LogP contribution in [-0.4, -0.2) is 22.4 Å². The number of methoxy groups -OCH3 is 1. The molecular formula is C26H21N3O3S. The Labute approximate surface area is 195 Å². The lowest BCUT2D eigenvalue weighted by Gasteiger charge is -2.08. The average Bonchev–Trinajstić information content (AvgIpc) is 3.40. The van der Waals surface area contributed by atoms with E-state index in [0.29, 0.717) is 16.3 Å². The van der Waals surface area contributed by atoms with Gasteiger partial charge in [0, 0.05) is 23.1 Å². The number of carbonyl (C=O) groups excluding carboxylic acids is 1. The van der Waals surface area contributed by atoms with Crippen LogP contribution in [0, 0.1) is 6.92 Å². The molecule has 7 heteroatoms. The standard InChI is InChI=1S/C26H21N3O3S/c1-17-24(33-26-28-23(16-29(17)26)18-8-12-20(31-2)13-9-18)25(30)27-19-10-14-22(15-11-19)32-21-6-4-3-5-7-21/h3-16H,1-2H3,(H,27,30). The average molecular weight is 456 g/mol. The number of rotatable bonds is 6. The first-order chi connectivity index (χ1) is 16.1. The van der Waals surface area contributed by atoms with Crippen molar-refractivity contribution >= 4 is 27.9 Å². The van der Waals surface area contributed by atoms with Gasteiger partial charge in [-0.2, -0.15) is 0 Å². The molecule has 0 aliphatic rings. The van der Waals surface area contributed by atoms with Gasteiger partial charge in [0.2, 0.25) is 0 Å². The molecule has 0 fully saturated rings. The monoisotopic (exact) mass is 455 g/mol. The van der Waals surface area contributed by atoms with Crippen LogP contribution in [-0.2, 0) is 0 Å². The number of thiazole rings is 1. The smallest absolute Gasteiger partial charge is 0.267 e. The van der Waals surface area contributed by atoms with Gasteiger partial charge in [-0.25, -0.2) is 4.98 Å². The molecule has 1 N–H and O–H groups in total. The van der Waals surface area contributed by atoms with E-state index in [0.717, 1.165) is 33.4 Å². The molecule has 1 amide bonds. The van der Waals surface area contributed by atoms with Gasteiger partial charge in [-0.15, -0.1) is 0 Å². The number of imidazole rings is 1. The summed E-state index contributed by atoms with van der Waals surface area (Å²) in [7, 11) is 1.64. The number of amides is 1. The molecule has 0 saturated carbocycles. The van der Waals surface area contributed by atoms with Crippen molar-refractivity contribution in [2.45, 2.75) is 6.92 Å². The minimum absolute atomic E-state index is 0.161. The Kier molecular flexibility index (Phi) is 5.54. The Morgan fingerprint density at radius 3 is 2.24 bits per heavy atom.